The second kappa shape index (κ2) is 6.52. The van der Waals surface area contributed by atoms with Gasteiger partial charge in [-0.15, -0.1) is 0 Å². The molecule has 1 aromatic heterocycles. The minimum absolute atomic E-state index is 0. The fourth-order valence-corrected chi connectivity index (χ4v) is 3.23. The Bertz CT molecular complexity index is 966. The van der Waals surface area contributed by atoms with E-state index in [1.165, 1.54) is 12.1 Å². The van der Waals surface area contributed by atoms with Gasteiger partial charge in [-0.3, -0.25) is 4.99 Å². The average molecular weight is 359 g/mol. The van der Waals surface area contributed by atoms with E-state index in [1.54, 1.807) is 0 Å². The van der Waals surface area contributed by atoms with Gasteiger partial charge in [-0.05, 0) is 42.3 Å². The number of H-pyrrole nitrogens is 1. The lowest BCUT2D eigenvalue weighted by atomic mass is 10.0. The van der Waals surface area contributed by atoms with Gasteiger partial charge in [-0.2, -0.15) is 13.2 Å². The van der Waals surface area contributed by atoms with Crippen molar-refractivity contribution < 1.29 is 13.2 Å². The number of aryl methyl sites for hydroxylation is 1. The lowest BCUT2D eigenvalue weighted by Crippen LogP contribution is -2.19. The molecule has 3 aromatic rings. The Kier molecular flexibility index (Phi) is 4.52. The number of nitrogens with one attached hydrogen (secondary N) is 2. The van der Waals surface area contributed by atoms with E-state index in [0.29, 0.717) is 0 Å². The Morgan fingerprint density at radius 2 is 1.69 bits per heavy atom. The first-order valence-electron chi connectivity index (χ1n) is 8.02. The topological polar surface area (TPSA) is 40.2 Å². The number of hydrogen-bond acceptors (Lipinski definition) is 2. The quantitative estimate of drug-likeness (QED) is 0.653. The lowest BCUT2D eigenvalue weighted by Gasteiger charge is -2.08. The number of rotatable bonds is 2. The van der Waals surface area contributed by atoms with Crippen molar-refractivity contribution in [2.24, 2.45) is 4.99 Å². The number of aromatic nitrogens is 1. The molecule has 2 heterocycles. The van der Waals surface area contributed by atoms with Crippen LogP contribution in [0, 0.1) is 6.92 Å². The molecule has 136 valence electrons. The molecule has 0 unspecified atom stereocenters. The number of alkyl halides is 3. The molecule has 0 aliphatic carbocycles. The summed E-state index contributed by atoms with van der Waals surface area (Å²) in [5.41, 5.74) is 4.02. The zero-order valence-electron chi connectivity index (χ0n) is 13.5. The molecule has 4 rings (SSSR count). The highest BCUT2D eigenvalue weighted by Crippen LogP contribution is 2.32. The van der Waals surface area contributed by atoms with Crippen LogP contribution in [0.3, 0.4) is 0 Å². The predicted molar refractivity (Wildman–Crippen MR) is 99.6 cm³/mol. The van der Waals surface area contributed by atoms with Gasteiger partial charge in [0.25, 0.3) is 0 Å². The molecule has 0 atom stereocenters. The van der Waals surface area contributed by atoms with Crippen molar-refractivity contribution in [3.05, 3.63) is 59.3 Å². The molecule has 3 nitrogen and oxygen atoms in total. The molecule has 1 aliphatic rings. The summed E-state index contributed by atoms with van der Waals surface area (Å²) in [6, 6.07) is 11.1. The number of amidine groups is 1. The molecule has 1 aliphatic heterocycles. The summed E-state index contributed by atoms with van der Waals surface area (Å²) in [7, 11) is 0. The van der Waals surface area contributed by atoms with Crippen LogP contribution in [0.15, 0.2) is 47.5 Å². The zero-order chi connectivity index (χ0) is 17.6. The SMILES string of the molecule is C.Cc1[nH]c2ccc(-c3ccc(C(F)(F)F)cc3)cc2c1C1=NCCN1. The summed E-state index contributed by atoms with van der Waals surface area (Å²) >= 11 is 0. The number of halogens is 3. The van der Waals surface area contributed by atoms with E-state index in [-0.39, 0.29) is 7.43 Å². The van der Waals surface area contributed by atoms with Crippen LogP contribution in [-0.2, 0) is 6.18 Å². The Morgan fingerprint density at radius 1 is 1.00 bits per heavy atom. The normalized spacial score (nSPS) is 14.1. The molecule has 0 spiro atoms. The van der Waals surface area contributed by atoms with Gasteiger partial charge < -0.3 is 10.3 Å². The van der Waals surface area contributed by atoms with Crippen LogP contribution in [0.1, 0.15) is 24.2 Å². The Balaban J connectivity index is 0.00000196. The minimum Gasteiger partial charge on any atom is -0.368 e. The molecule has 0 amide bonds. The molecule has 6 heteroatoms. The summed E-state index contributed by atoms with van der Waals surface area (Å²) in [5.74, 6) is 0.869. The standard InChI is InChI=1S/C19H16F3N3.CH4/c1-11-17(18-23-8-9-24-18)15-10-13(4-7-16(15)25-11)12-2-5-14(6-3-12)19(20,21)22;/h2-7,10,25H,8-9H2,1H3,(H,23,24);1H4. The average Bonchev–Trinajstić information content (AvgIpc) is 3.20. The molecule has 0 saturated heterocycles. The largest absolute Gasteiger partial charge is 0.416 e. The van der Waals surface area contributed by atoms with Crippen LogP contribution in [-0.4, -0.2) is 23.9 Å². The van der Waals surface area contributed by atoms with E-state index in [0.717, 1.165) is 64.3 Å². The van der Waals surface area contributed by atoms with E-state index in [4.69, 9.17) is 0 Å². The van der Waals surface area contributed by atoms with E-state index in [2.05, 4.69) is 15.3 Å². The second-order valence-corrected chi connectivity index (χ2v) is 6.12. The number of nitrogens with zero attached hydrogens (tertiary/aromatic N) is 1. The van der Waals surface area contributed by atoms with Gasteiger partial charge >= 0.3 is 6.18 Å². The maximum Gasteiger partial charge on any atom is 0.416 e. The molecule has 2 N–H and O–H groups in total. The molecular formula is C20H20F3N3. The predicted octanol–water partition coefficient (Wildman–Crippen LogP) is 5.15. The van der Waals surface area contributed by atoms with Crippen LogP contribution < -0.4 is 5.32 Å². The number of hydrogen-bond donors (Lipinski definition) is 2. The fourth-order valence-electron chi connectivity index (χ4n) is 3.23. The van der Waals surface area contributed by atoms with Crippen LogP contribution >= 0.6 is 0 Å². The highest BCUT2D eigenvalue weighted by Gasteiger charge is 2.30. The van der Waals surface area contributed by atoms with Gasteiger partial charge in [-0.25, -0.2) is 0 Å². The maximum absolute atomic E-state index is 12.7. The Morgan fingerprint density at radius 3 is 2.31 bits per heavy atom. The van der Waals surface area contributed by atoms with Crippen LogP contribution in [0.2, 0.25) is 0 Å². The van der Waals surface area contributed by atoms with E-state index >= 15 is 0 Å². The maximum atomic E-state index is 12.7. The first-order chi connectivity index (χ1) is 11.9. The van der Waals surface area contributed by atoms with Crippen molar-refractivity contribution in [1.29, 1.82) is 0 Å². The van der Waals surface area contributed by atoms with Crippen molar-refractivity contribution in [3.8, 4) is 11.1 Å². The van der Waals surface area contributed by atoms with Gasteiger partial charge in [0, 0.05) is 28.7 Å². The van der Waals surface area contributed by atoms with Crippen LogP contribution in [0.5, 0.6) is 0 Å². The summed E-state index contributed by atoms with van der Waals surface area (Å²) in [6.45, 7) is 3.57. The van der Waals surface area contributed by atoms with Crippen molar-refractivity contribution >= 4 is 16.7 Å². The van der Waals surface area contributed by atoms with Crippen molar-refractivity contribution in [1.82, 2.24) is 10.3 Å². The smallest absolute Gasteiger partial charge is 0.368 e. The van der Waals surface area contributed by atoms with Gasteiger partial charge in [0.05, 0.1) is 12.1 Å². The highest BCUT2D eigenvalue weighted by atomic mass is 19.4. The third-order valence-corrected chi connectivity index (χ3v) is 4.44. The van der Waals surface area contributed by atoms with Crippen molar-refractivity contribution in [3.63, 3.8) is 0 Å². The monoisotopic (exact) mass is 359 g/mol. The summed E-state index contributed by atoms with van der Waals surface area (Å²) in [5, 5.41) is 4.30. The third kappa shape index (κ3) is 3.07. The van der Waals surface area contributed by atoms with Gasteiger partial charge in [-0.1, -0.05) is 25.6 Å². The summed E-state index contributed by atoms with van der Waals surface area (Å²) < 4.78 is 38.2. The van der Waals surface area contributed by atoms with Crippen LogP contribution in [0.4, 0.5) is 13.2 Å². The van der Waals surface area contributed by atoms with Crippen molar-refractivity contribution in [2.75, 3.05) is 13.1 Å². The first-order valence-corrected chi connectivity index (χ1v) is 8.02. The minimum atomic E-state index is -4.32. The lowest BCUT2D eigenvalue weighted by molar-refractivity contribution is -0.137. The number of benzene rings is 2. The van der Waals surface area contributed by atoms with Crippen molar-refractivity contribution in [2.45, 2.75) is 20.5 Å². The first kappa shape index (κ1) is 18.0. The molecule has 0 bridgehead atoms. The Hall–Kier alpha value is -2.76. The highest BCUT2D eigenvalue weighted by molar-refractivity contribution is 6.12. The summed E-state index contributed by atoms with van der Waals surface area (Å²) in [4.78, 5) is 7.83. The molecule has 0 radical (unpaired) electrons. The number of fused-ring (bicyclic) bond motifs is 1. The number of aliphatic imine (C=N–C) groups is 1. The number of aromatic amines is 1. The van der Waals surface area contributed by atoms with E-state index < -0.39 is 11.7 Å². The zero-order valence-corrected chi connectivity index (χ0v) is 13.5. The van der Waals surface area contributed by atoms with E-state index in [9.17, 15) is 13.2 Å². The molecule has 26 heavy (non-hydrogen) atoms. The molecule has 0 fully saturated rings. The Labute approximate surface area is 150 Å². The third-order valence-electron chi connectivity index (χ3n) is 4.44. The van der Waals surface area contributed by atoms with Gasteiger partial charge in [0.1, 0.15) is 5.84 Å². The second-order valence-electron chi connectivity index (χ2n) is 6.12. The van der Waals surface area contributed by atoms with Gasteiger partial charge in [0.2, 0.25) is 0 Å². The molecular weight excluding hydrogens is 339 g/mol. The van der Waals surface area contributed by atoms with E-state index in [1.807, 2.05) is 25.1 Å². The summed E-state index contributed by atoms with van der Waals surface area (Å²) in [6.07, 6.45) is -4.32. The molecule has 0 saturated carbocycles. The fraction of sp³-hybridized carbons (Fsp3) is 0.250. The van der Waals surface area contributed by atoms with Crippen LogP contribution in [0.25, 0.3) is 22.0 Å². The van der Waals surface area contributed by atoms with Gasteiger partial charge in [0.15, 0.2) is 0 Å². The molecule has 2 aromatic carbocycles.